The molecule has 0 saturated heterocycles. The summed E-state index contributed by atoms with van der Waals surface area (Å²) in [6, 6.07) is 0. The molecule has 2 heteroatoms. The Hall–Kier alpha value is -0.600. The Kier molecular flexibility index (Phi) is 5.90. The van der Waals surface area contributed by atoms with Gasteiger partial charge in [-0.1, -0.05) is 38.2 Å². The summed E-state index contributed by atoms with van der Waals surface area (Å²) in [5, 5.41) is 19.0. The normalized spacial score (nSPS) is 38.6. The van der Waals surface area contributed by atoms with Gasteiger partial charge in [0.2, 0.25) is 0 Å². The van der Waals surface area contributed by atoms with Crippen molar-refractivity contribution in [2.24, 2.45) is 29.1 Å². The Bertz CT molecular complexity index is 414. The third kappa shape index (κ3) is 3.49. The molecular formula is C20H34O2. The van der Waals surface area contributed by atoms with Crippen LogP contribution in [0.15, 0.2) is 24.3 Å². The Morgan fingerprint density at radius 3 is 2.64 bits per heavy atom. The minimum atomic E-state index is 0.0955. The predicted octanol–water partition coefficient (Wildman–Crippen LogP) is 4.33. The van der Waals surface area contributed by atoms with Crippen molar-refractivity contribution in [1.82, 2.24) is 0 Å². The van der Waals surface area contributed by atoms with Crippen LogP contribution in [0.25, 0.3) is 0 Å². The van der Waals surface area contributed by atoms with Gasteiger partial charge in [-0.15, -0.1) is 0 Å². The van der Waals surface area contributed by atoms with Crippen molar-refractivity contribution in [2.75, 3.05) is 13.2 Å². The largest absolute Gasteiger partial charge is 0.396 e. The van der Waals surface area contributed by atoms with Crippen LogP contribution in [0.3, 0.4) is 0 Å². The first-order valence-corrected chi connectivity index (χ1v) is 8.99. The highest BCUT2D eigenvalue weighted by atomic mass is 16.3. The van der Waals surface area contributed by atoms with Crippen LogP contribution in [0, 0.1) is 29.1 Å². The lowest BCUT2D eigenvalue weighted by molar-refractivity contribution is -0.0542. The predicted molar refractivity (Wildman–Crippen MR) is 92.5 cm³/mol. The number of aliphatic hydroxyl groups excluding tert-OH is 2. The van der Waals surface area contributed by atoms with E-state index >= 15 is 0 Å². The maximum absolute atomic E-state index is 9.95. The Morgan fingerprint density at radius 2 is 2.00 bits per heavy atom. The van der Waals surface area contributed by atoms with Crippen molar-refractivity contribution >= 4 is 0 Å². The van der Waals surface area contributed by atoms with Crippen LogP contribution in [0.5, 0.6) is 0 Å². The van der Waals surface area contributed by atoms with Crippen LogP contribution < -0.4 is 0 Å². The molecular weight excluding hydrogens is 272 g/mol. The second-order valence-corrected chi connectivity index (χ2v) is 8.08. The highest BCUT2D eigenvalue weighted by Gasteiger charge is 2.49. The Labute approximate surface area is 136 Å². The molecule has 0 spiro atoms. The molecule has 0 aromatic heterocycles. The lowest BCUT2D eigenvalue weighted by Crippen LogP contribution is -2.48. The van der Waals surface area contributed by atoms with E-state index in [1.54, 1.807) is 0 Å². The summed E-state index contributed by atoms with van der Waals surface area (Å²) >= 11 is 0. The van der Waals surface area contributed by atoms with Gasteiger partial charge < -0.3 is 10.2 Å². The SMILES string of the molecule is C=C(CCO)CCC1C(=C)CCC2C1[C@@H](C)CCC2(C)CO. The van der Waals surface area contributed by atoms with Crippen LogP contribution in [0.4, 0.5) is 0 Å². The molecule has 2 aliphatic carbocycles. The topological polar surface area (TPSA) is 40.5 Å². The Balaban J connectivity index is 2.13. The van der Waals surface area contributed by atoms with Crippen molar-refractivity contribution < 1.29 is 10.2 Å². The molecule has 2 rings (SSSR count). The molecule has 2 aliphatic rings. The van der Waals surface area contributed by atoms with Crippen molar-refractivity contribution in [2.45, 2.75) is 58.8 Å². The summed E-state index contributed by atoms with van der Waals surface area (Å²) in [7, 11) is 0. The second kappa shape index (κ2) is 7.31. The fourth-order valence-electron chi connectivity index (χ4n) is 5.05. The number of fused-ring (bicyclic) bond motifs is 1. The molecule has 126 valence electrons. The summed E-state index contributed by atoms with van der Waals surface area (Å²) in [5.74, 6) is 2.57. The van der Waals surface area contributed by atoms with Gasteiger partial charge in [0.15, 0.2) is 0 Å². The fraction of sp³-hybridized carbons (Fsp3) is 0.800. The quantitative estimate of drug-likeness (QED) is 0.717. The molecule has 2 saturated carbocycles. The molecule has 2 N–H and O–H groups in total. The van der Waals surface area contributed by atoms with Crippen LogP contribution >= 0.6 is 0 Å². The van der Waals surface area contributed by atoms with Gasteiger partial charge in [0.1, 0.15) is 0 Å². The molecule has 0 aromatic carbocycles. The monoisotopic (exact) mass is 306 g/mol. The van der Waals surface area contributed by atoms with Gasteiger partial charge in [-0.2, -0.15) is 0 Å². The number of rotatable bonds is 6. The summed E-state index contributed by atoms with van der Waals surface area (Å²) in [6.07, 6.45) is 7.51. The van der Waals surface area contributed by atoms with E-state index < -0.39 is 0 Å². The minimum absolute atomic E-state index is 0.0955. The maximum Gasteiger partial charge on any atom is 0.0487 e. The first-order chi connectivity index (χ1) is 10.4. The zero-order chi connectivity index (χ0) is 16.3. The molecule has 0 aromatic rings. The van der Waals surface area contributed by atoms with Gasteiger partial charge in [0, 0.05) is 13.2 Å². The van der Waals surface area contributed by atoms with Crippen LogP contribution in [-0.2, 0) is 0 Å². The van der Waals surface area contributed by atoms with Gasteiger partial charge in [0.25, 0.3) is 0 Å². The molecule has 0 bridgehead atoms. The molecule has 0 heterocycles. The third-order valence-electron chi connectivity index (χ3n) is 6.59. The zero-order valence-electron chi connectivity index (χ0n) is 14.5. The third-order valence-corrected chi connectivity index (χ3v) is 6.59. The lowest BCUT2D eigenvalue weighted by Gasteiger charge is -2.54. The molecule has 0 amide bonds. The van der Waals surface area contributed by atoms with Gasteiger partial charge in [-0.3, -0.25) is 0 Å². The lowest BCUT2D eigenvalue weighted by atomic mass is 9.51. The summed E-state index contributed by atoms with van der Waals surface area (Å²) in [5.41, 5.74) is 2.66. The van der Waals surface area contributed by atoms with Gasteiger partial charge in [-0.25, -0.2) is 0 Å². The molecule has 2 fully saturated rings. The van der Waals surface area contributed by atoms with Crippen molar-refractivity contribution in [3.63, 3.8) is 0 Å². The number of aliphatic hydroxyl groups is 2. The number of hydrogen-bond donors (Lipinski definition) is 2. The van der Waals surface area contributed by atoms with Gasteiger partial charge >= 0.3 is 0 Å². The van der Waals surface area contributed by atoms with E-state index in [2.05, 4.69) is 27.0 Å². The zero-order valence-corrected chi connectivity index (χ0v) is 14.5. The molecule has 2 nitrogen and oxygen atoms in total. The van der Waals surface area contributed by atoms with Crippen LogP contribution in [0.1, 0.15) is 58.8 Å². The fourth-order valence-corrected chi connectivity index (χ4v) is 5.05. The van der Waals surface area contributed by atoms with E-state index in [-0.39, 0.29) is 12.0 Å². The highest BCUT2D eigenvalue weighted by Crippen LogP contribution is 2.56. The van der Waals surface area contributed by atoms with E-state index in [0.29, 0.717) is 24.4 Å². The number of allylic oxidation sites excluding steroid dienone is 1. The summed E-state index contributed by atoms with van der Waals surface area (Å²) < 4.78 is 0. The highest BCUT2D eigenvalue weighted by molar-refractivity contribution is 5.13. The average Bonchev–Trinajstić information content (AvgIpc) is 2.50. The smallest absolute Gasteiger partial charge is 0.0487 e. The van der Waals surface area contributed by atoms with Gasteiger partial charge in [0.05, 0.1) is 0 Å². The van der Waals surface area contributed by atoms with Gasteiger partial charge in [-0.05, 0) is 74.0 Å². The molecule has 22 heavy (non-hydrogen) atoms. The minimum Gasteiger partial charge on any atom is -0.396 e. The van der Waals surface area contributed by atoms with E-state index in [1.807, 2.05) is 0 Å². The van der Waals surface area contributed by atoms with Crippen LogP contribution in [0.2, 0.25) is 0 Å². The standard InChI is InChI=1S/C20H34O2/c1-14(10-12-21)5-7-17-15(2)6-8-18-19(17)16(3)9-11-20(18,4)13-22/h16-19,21-22H,1-2,5-13H2,3-4H3/t16-,17?,18?,19?,20?/m0/s1. The summed E-state index contributed by atoms with van der Waals surface area (Å²) in [6.45, 7) is 13.7. The van der Waals surface area contributed by atoms with E-state index in [4.69, 9.17) is 5.11 Å². The average molecular weight is 306 g/mol. The summed E-state index contributed by atoms with van der Waals surface area (Å²) in [4.78, 5) is 0. The van der Waals surface area contributed by atoms with E-state index in [1.165, 1.54) is 18.4 Å². The first-order valence-electron chi connectivity index (χ1n) is 8.99. The van der Waals surface area contributed by atoms with Crippen molar-refractivity contribution in [3.05, 3.63) is 24.3 Å². The van der Waals surface area contributed by atoms with Crippen LogP contribution in [-0.4, -0.2) is 23.4 Å². The molecule has 5 atom stereocenters. The first kappa shape index (κ1) is 17.7. The Morgan fingerprint density at radius 1 is 1.27 bits per heavy atom. The molecule has 0 aliphatic heterocycles. The van der Waals surface area contributed by atoms with E-state index in [9.17, 15) is 5.11 Å². The van der Waals surface area contributed by atoms with Crippen molar-refractivity contribution in [3.8, 4) is 0 Å². The van der Waals surface area contributed by atoms with E-state index in [0.717, 1.165) is 43.6 Å². The second-order valence-electron chi connectivity index (χ2n) is 8.08. The maximum atomic E-state index is 9.95. The molecule has 4 unspecified atom stereocenters. The molecule has 0 radical (unpaired) electrons. The number of hydrogen-bond acceptors (Lipinski definition) is 2. The van der Waals surface area contributed by atoms with Crippen molar-refractivity contribution in [1.29, 1.82) is 0 Å².